The predicted octanol–water partition coefficient (Wildman–Crippen LogP) is 5.94. The Morgan fingerprint density at radius 3 is 2.65 bits per heavy atom. The molecule has 1 amide bonds. The Bertz CT molecular complexity index is 1470. The maximum absolute atomic E-state index is 12.8. The number of hydrogen-bond acceptors (Lipinski definition) is 5. The highest BCUT2D eigenvalue weighted by Gasteiger charge is 2.13. The molecule has 0 fully saturated rings. The zero-order chi connectivity index (χ0) is 23.7. The van der Waals surface area contributed by atoms with Gasteiger partial charge in [-0.25, -0.2) is 4.98 Å². The molecule has 0 atom stereocenters. The van der Waals surface area contributed by atoms with Crippen LogP contribution in [0.25, 0.3) is 26.4 Å². The van der Waals surface area contributed by atoms with Crippen molar-refractivity contribution in [3.63, 3.8) is 0 Å². The van der Waals surface area contributed by atoms with Crippen LogP contribution in [0.15, 0.2) is 72.9 Å². The fourth-order valence-corrected chi connectivity index (χ4v) is 4.85. The van der Waals surface area contributed by atoms with Gasteiger partial charge in [-0.3, -0.25) is 9.20 Å². The van der Waals surface area contributed by atoms with Gasteiger partial charge in [-0.05, 0) is 61.9 Å². The first-order valence-corrected chi connectivity index (χ1v) is 11.9. The number of ether oxygens (including phenoxy) is 2. The minimum Gasteiger partial charge on any atom is -0.497 e. The van der Waals surface area contributed by atoms with Crippen LogP contribution in [0.5, 0.6) is 11.5 Å². The number of fused-ring (bicyclic) bond motifs is 3. The van der Waals surface area contributed by atoms with Gasteiger partial charge < -0.3 is 14.8 Å². The van der Waals surface area contributed by atoms with Crippen molar-refractivity contribution in [3.8, 4) is 22.8 Å². The Labute approximate surface area is 201 Å². The van der Waals surface area contributed by atoms with Crippen molar-refractivity contribution >= 4 is 32.4 Å². The maximum Gasteiger partial charge on any atom is 0.251 e. The summed E-state index contributed by atoms with van der Waals surface area (Å²) in [4.78, 5) is 18.4. The van der Waals surface area contributed by atoms with E-state index in [4.69, 9.17) is 14.5 Å². The Morgan fingerprint density at radius 2 is 1.88 bits per heavy atom. The molecule has 0 radical (unpaired) electrons. The predicted molar refractivity (Wildman–Crippen MR) is 136 cm³/mol. The number of benzene rings is 3. The van der Waals surface area contributed by atoms with Crippen molar-refractivity contribution in [2.75, 3.05) is 7.11 Å². The van der Waals surface area contributed by atoms with E-state index < -0.39 is 0 Å². The third-order valence-corrected chi connectivity index (χ3v) is 6.49. The van der Waals surface area contributed by atoms with Gasteiger partial charge in [-0.2, -0.15) is 0 Å². The lowest BCUT2D eigenvalue weighted by atomic mass is 10.1. The summed E-state index contributed by atoms with van der Waals surface area (Å²) in [7, 11) is 1.66. The molecule has 1 N–H and O–H groups in total. The number of nitrogens with zero attached hydrogens (tertiary/aromatic N) is 2. The van der Waals surface area contributed by atoms with Gasteiger partial charge in [0.1, 0.15) is 11.5 Å². The SMILES string of the molecule is COc1cccc(-c2cn3c(n2)sc2cc(C(=O)NCc4ccc(OC(C)C)cc4)ccc23)c1. The molecule has 6 nitrogen and oxygen atoms in total. The van der Waals surface area contributed by atoms with Crippen molar-refractivity contribution in [1.82, 2.24) is 14.7 Å². The van der Waals surface area contributed by atoms with Gasteiger partial charge in [0.15, 0.2) is 4.96 Å². The van der Waals surface area contributed by atoms with E-state index in [1.807, 2.05) is 86.8 Å². The number of amides is 1. The second kappa shape index (κ2) is 9.19. The number of thiazole rings is 1. The van der Waals surface area contributed by atoms with Crippen LogP contribution in [-0.2, 0) is 6.54 Å². The summed E-state index contributed by atoms with van der Waals surface area (Å²) in [6, 6.07) is 21.4. The minimum absolute atomic E-state index is 0.104. The Kier molecular flexibility index (Phi) is 5.94. The number of nitrogens with one attached hydrogen (secondary N) is 1. The van der Waals surface area contributed by atoms with E-state index in [9.17, 15) is 4.79 Å². The van der Waals surface area contributed by atoms with E-state index in [0.29, 0.717) is 12.1 Å². The lowest BCUT2D eigenvalue weighted by molar-refractivity contribution is 0.0951. The average molecular weight is 472 g/mol. The van der Waals surface area contributed by atoms with Crippen LogP contribution < -0.4 is 14.8 Å². The molecule has 172 valence electrons. The average Bonchev–Trinajstić information content (AvgIpc) is 3.41. The summed E-state index contributed by atoms with van der Waals surface area (Å²) < 4.78 is 14.1. The van der Waals surface area contributed by atoms with Gasteiger partial charge in [0, 0.05) is 23.9 Å². The number of imidazole rings is 1. The Morgan fingerprint density at radius 1 is 1.06 bits per heavy atom. The van der Waals surface area contributed by atoms with Crippen LogP contribution in [0.1, 0.15) is 29.8 Å². The van der Waals surface area contributed by atoms with E-state index in [0.717, 1.165) is 43.5 Å². The summed E-state index contributed by atoms with van der Waals surface area (Å²) in [5.41, 5.74) is 4.57. The lowest BCUT2D eigenvalue weighted by Crippen LogP contribution is -2.22. The fraction of sp³-hybridized carbons (Fsp3) is 0.185. The summed E-state index contributed by atoms with van der Waals surface area (Å²) in [5.74, 6) is 1.52. The van der Waals surface area contributed by atoms with Crippen molar-refractivity contribution in [2.45, 2.75) is 26.5 Å². The second-order valence-corrected chi connectivity index (χ2v) is 9.30. The molecule has 7 heteroatoms. The molecule has 5 aromatic rings. The molecule has 0 aliphatic carbocycles. The molecule has 34 heavy (non-hydrogen) atoms. The largest absolute Gasteiger partial charge is 0.497 e. The summed E-state index contributed by atoms with van der Waals surface area (Å²) >= 11 is 1.57. The van der Waals surface area contributed by atoms with Gasteiger partial charge in [0.25, 0.3) is 5.91 Å². The number of carbonyl (C=O) groups is 1. The first-order valence-electron chi connectivity index (χ1n) is 11.1. The van der Waals surface area contributed by atoms with Crippen LogP contribution in [0.3, 0.4) is 0 Å². The highest BCUT2D eigenvalue weighted by molar-refractivity contribution is 7.23. The third kappa shape index (κ3) is 4.47. The lowest BCUT2D eigenvalue weighted by Gasteiger charge is -2.10. The second-order valence-electron chi connectivity index (χ2n) is 8.29. The summed E-state index contributed by atoms with van der Waals surface area (Å²) in [6.45, 7) is 4.45. The van der Waals surface area contributed by atoms with E-state index in [1.54, 1.807) is 18.4 Å². The molecule has 2 heterocycles. The van der Waals surface area contributed by atoms with Crippen LogP contribution in [0.2, 0.25) is 0 Å². The van der Waals surface area contributed by atoms with E-state index in [2.05, 4.69) is 9.72 Å². The van der Waals surface area contributed by atoms with Gasteiger partial charge in [0.2, 0.25) is 0 Å². The summed E-state index contributed by atoms with van der Waals surface area (Å²) in [5, 5.41) is 3.00. The highest BCUT2D eigenvalue weighted by atomic mass is 32.1. The van der Waals surface area contributed by atoms with Crippen LogP contribution in [0, 0.1) is 0 Å². The Hall–Kier alpha value is -3.84. The normalized spacial score (nSPS) is 11.3. The molecule has 5 rings (SSSR count). The minimum atomic E-state index is -0.104. The van der Waals surface area contributed by atoms with Crippen molar-refractivity contribution in [2.24, 2.45) is 0 Å². The van der Waals surface area contributed by atoms with Gasteiger partial charge >= 0.3 is 0 Å². The monoisotopic (exact) mass is 471 g/mol. The van der Waals surface area contributed by atoms with Crippen LogP contribution in [0.4, 0.5) is 0 Å². The first kappa shape index (κ1) is 22.0. The van der Waals surface area contributed by atoms with Crippen LogP contribution in [-0.4, -0.2) is 28.5 Å². The zero-order valence-electron chi connectivity index (χ0n) is 19.2. The maximum atomic E-state index is 12.8. The first-order chi connectivity index (χ1) is 16.5. The zero-order valence-corrected chi connectivity index (χ0v) is 20.1. The van der Waals surface area contributed by atoms with Gasteiger partial charge in [-0.1, -0.05) is 35.6 Å². The highest BCUT2D eigenvalue weighted by Crippen LogP contribution is 2.31. The molecule has 0 saturated heterocycles. The molecular formula is C27H25N3O3S. The molecule has 0 aliphatic heterocycles. The molecule has 0 saturated carbocycles. The number of methoxy groups -OCH3 is 1. The van der Waals surface area contributed by atoms with Crippen molar-refractivity contribution in [1.29, 1.82) is 0 Å². The number of rotatable bonds is 7. The van der Waals surface area contributed by atoms with E-state index >= 15 is 0 Å². The molecular weight excluding hydrogens is 446 g/mol. The Balaban J connectivity index is 1.32. The standard InChI is InChI=1S/C27H25N3O3S/c1-17(2)33-21-10-7-18(8-11-21)15-28-26(31)20-9-12-24-25(14-20)34-27-29-23(16-30(24)27)19-5-4-6-22(13-19)32-3/h4-14,16-17H,15H2,1-3H3,(H,28,31). The van der Waals surface area contributed by atoms with Crippen LogP contribution >= 0.6 is 11.3 Å². The molecule has 2 aromatic heterocycles. The van der Waals surface area contributed by atoms with Crippen molar-refractivity contribution < 1.29 is 14.3 Å². The topological polar surface area (TPSA) is 64.9 Å². The van der Waals surface area contributed by atoms with Gasteiger partial charge in [0.05, 0.1) is 29.1 Å². The van der Waals surface area contributed by atoms with Crippen molar-refractivity contribution in [3.05, 3.63) is 84.1 Å². The molecule has 0 spiro atoms. The van der Waals surface area contributed by atoms with E-state index in [1.165, 1.54) is 0 Å². The number of aromatic nitrogens is 2. The molecule has 0 aliphatic rings. The van der Waals surface area contributed by atoms with E-state index in [-0.39, 0.29) is 12.0 Å². The quantitative estimate of drug-likeness (QED) is 0.319. The molecule has 0 unspecified atom stereocenters. The molecule has 3 aromatic carbocycles. The number of hydrogen-bond donors (Lipinski definition) is 1. The smallest absolute Gasteiger partial charge is 0.251 e. The van der Waals surface area contributed by atoms with Gasteiger partial charge in [-0.15, -0.1) is 0 Å². The molecule has 0 bridgehead atoms. The fourth-order valence-electron chi connectivity index (χ4n) is 3.81. The third-order valence-electron chi connectivity index (χ3n) is 5.47. The summed E-state index contributed by atoms with van der Waals surface area (Å²) in [6.07, 6.45) is 2.16. The number of carbonyl (C=O) groups excluding carboxylic acids is 1.